The second-order valence-corrected chi connectivity index (χ2v) is 15.1. The molecule has 0 saturated heterocycles. The maximum absolute atomic E-state index is 12.5. The molecule has 0 aliphatic rings. The third kappa shape index (κ3) is 34.2. The van der Waals surface area contributed by atoms with Crippen LogP contribution in [-0.2, 0) is 14.9 Å². The van der Waals surface area contributed by atoms with Crippen LogP contribution in [0.4, 0.5) is 0 Å². The molecule has 0 radical (unpaired) electrons. The molecule has 0 aromatic heterocycles. The summed E-state index contributed by atoms with van der Waals surface area (Å²) < 4.78 is 32.4. The van der Waals surface area contributed by atoms with Crippen molar-refractivity contribution >= 4 is 16.0 Å². The van der Waals surface area contributed by atoms with Gasteiger partial charge >= 0.3 is 0 Å². The van der Waals surface area contributed by atoms with Gasteiger partial charge in [0.1, 0.15) is 0 Å². The number of nitrogens with one attached hydrogen (secondary N) is 1. The highest BCUT2D eigenvalue weighted by Crippen LogP contribution is 2.15. The molecule has 2 atom stereocenters. The Bertz CT molecular complexity index is 770. The number of rotatable bonds is 35. The molecule has 0 aliphatic carbocycles. The van der Waals surface area contributed by atoms with Crippen LogP contribution < -0.4 is 5.32 Å². The molecule has 0 aliphatic heterocycles. The van der Waals surface area contributed by atoms with Crippen molar-refractivity contribution in [2.45, 2.75) is 219 Å². The summed E-state index contributed by atoms with van der Waals surface area (Å²) in [5.74, 6) is -0.969. The summed E-state index contributed by atoms with van der Waals surface area (Å²) in [6.07, 6.45) is 39.0. The molecule has 0 rings (SSSR count). The summed E-state index contributed by atoms with van der Waals surface area (Å²) in [5.41, 5.74) is 0. The van der Waals surface area contributed by atoms with Crippen molar-refractivity contribution < 1.29 is 22.9 Å². The number of unbranched alkanes of at least 4 members (excludes halogenated alkanes) is 27. The van der Waals surface area contributed by atoms with Crippen LogP contribution in [0.15, 0.2) is 12.2 Å². The summed E-state index contributed by atoms with van der Waals surface area (Å²) in [4.78, 5) is 12.5. The Kier molecular flexibility index (Phi) is 32.3. The number of hydrogen-bond donors (Lipinski definition) is 3. The van der Waals surface area contributed by atoms with Crippen molar-refractivity contribution in [3.8, 4) is 0 Å². The van der Waals surface area contributed by atoms with Crippen LogP contribution in [0.25, 0.3) is 0 Å². The monoisotopic (exact) mass is 658 g/mol. The normalized spacial score (nSPS) is 13.4. The fourth-order valence-electron chi connectivity index (χ4n) is 6.04. The summed E-state index contributed by atoms with van der Waals surface area (Å²) >= 11 is 0. The van der Waals surface area contributed by atoms with E-state index in [4.69, 9.17) is 0 Å². The molecule has 0 fully saturated rings. The highest BCUT2D eigenvalue weighted by Gasteiger charge is 2.24. The van der Waals surface area contributed by atoms with E-state index in [0.717, 1.165) is 38.5 Å². The number of carbonyl (C=O) groups is 1. The smallest absolute Gasteiger partial charge is 0.267 e. The van der Waals surface area contributed by atoms with E-state index in [1.54, 1.807) is 6.08 Å². The lowest BCUT2D eigenvalue weighted by atomic mass is 10.0. The number of carbonyl (C=O) groups excluding carboxylic acids is 1. The second-order valence-electron chi connectivity index (χ2n) is 13.6. The molecule has 45 heavy (non-hydrogen) atoms. The van der Waals surface area contributed by atoms with Gasteiger partial charge in [-0.3, -0.25) is 9.35 Å². The Labute approximate surface area is 280 Å². The molecule has 0 heterocycles. The zero-order valence-corrected chi connectivity index (χ0v) is 30.6. The number of amides is 1. The summed E-state index contributed by atoms with van der Waals surface area (Å²) in [6, 6.07) is -1.05. The van der Waals surface area contributed by atoms with E-state index in [0.29, 0.717) is 6.42 Å². The van der Waals surface area contributed by atoms with Gasteiger partial charge in [0, 0.05) is 6.42 Å². The van der Waals surface area contributed by atoms with E-state index in [2.05, 4.69) is 19.2 Å². The van der Waals surface area contributed by atoms with Crippen LogP contribution in [0, 0.1) is 0 Å². The van der Waals surface area contributed by atoms with Crippen LogP contribution in [0.5, 0.6) is 0 Å². The van der Waals surface area contributed by atoms with Gasteiger partial charge in [0.25, 0.3) is 10.1 Å². The van der Waals surface area contributed by atoms with Crippen LogP contribution in [0.3, 0.4) is 0 Å². The maximum atomic E-state index is 12.5. The second kappa shape index (κ2) is 33.0. The minimum absolute atomic E-state index is 0.276. The average molecular weight is 658 g/mol. The van der Waals surface area contributed by atoms with Gasteiger partial charge in [-0.05, 0) is 19.3 Å². The minimum Gasteiger partial charge on any atom is -0.387 e. The van der Waals surface area contributed by atoms with Crippen LogP contribution in [0.1, 0.15) is 206 Å². The molecule has 1 amide bonds. The van der Waals surface area contributed by atoms with E-state index < -0.39 is 28.0 Å². The van der Waals surface area contributed by atoms with Crippen LogP contribution in [-0.4, -0.2) is 41.9 Å². The lowest BCUT2D eigenvalue weighted by Crippen LogP contribution is -2.46. The van der Waals surface area contributed by atoms with E-state index in [9.17, 15) is 22.9 Å². The largest absolute Gasteiger partial charge is 0.387 e. The minimum atomic E-state index is -4.33. The van der Waals surface area contributed by atoms with Crippen LogP contribution in [0.2, 0.25) is 0 Å². The Morgan fingerprint density at radius 1 is 0.578 bits per heavy atom. The fraction of sp³-hybridized carbons (Fsp3) is 0.921. The Morgan fingerprint density at radius 3 is 1.27 bits per heavy atom. The lowest BCUT2D eigenvalue weighted by Gasteiger charge is -2.21. The van der Waals surface area contributed by atoms with Crippen LogP contribution >= 0.6 is 0 Å². The van der Waals surface area contributed by atoms with Gasteiger partial charge in [-0.1, -0.05) is 193 Å². The number of aliphatic hydroxyl groups is 1. The first kappa shape index (κ1) is 44.1. The number of hydrogen-bond acceptors (Lipinski definition) is 4. The van der Waals surface area contributed by atoms with Crippen molar-refractivity contribution in [2.75, 3.05) is 5.75 Å². The first-order valence-corrected chi connectivity index (χ1v) is 21.0. The van der Waals surface area contributed by atoms with Crippen molar-refractivity contribution in [3.63, 3.8) is 0 Å². The molecule has 0 bridgehead atoms. The molecule has 0 aromatic carbocycles. The predicted molar refractivity (Wildman–Crippen MR) is 193 cm³/mol. The molecular formula is C38H75NO5S. The molecule has 6 nitrogen and oxygen atoms in total. The first-order valence-electron chi connectivity index (χ1n) is 19.4. The van der Waals surface area contributed by atoms with Gasteiger partial charge in [0.2, 0.25) is 5.91 Å². The summed E-state index contributed by atoms with van der Waals surface area (Å²) in [7, 11) is -4.33. The molecule has 0 saturated carbocycles. The Hall–Kier alpha value is -0.920. The van der Waals surface area contributed by atoms with E-state index in [1.165, 1.54) is 148 Å². The number of allylic oxidation sites excluding steroid dienone is 1. The third-order valence-electron chi connectivity index (χ3n) is 8.96. The quantitative estimate of drug-likeness (QED) is 0.0357. The van der Waals surface area contributed by atoms with Crippen molar-refractivity contribution in [1.82, 2.24) is 5.32 Å². The first-order chi connectivity index (χ1) is 21.8. The SMILES string of the molecule is CCCCCCCCCCCCCCCCC/C=C/C(O)C(CS(=O)(=O)O)NC(=O)CCCCCCCCCCCCCCC. The van der Waals surface area contributed by atoms with Crippen molar-refractivity contribution in [3.05, 3.63) is 12.2 Å². The lowest BCUT2D eigenvalue weighted by molar-refractivity contribution is -0.122. The highest BCUT2D eigenvalue weighted by molar-refractivity contribution is 7.85. The van der Waals surface area contributed by atoms with Gasteiger partial charge < -0.3 is 10.4 Å². The van der Waals surface area contributed by atoms with Crippen molar-refractivity contribution in [2.24, 2.45) is 0 Å². The van der Waals surface area contributed by atoms with E-state index >= 15 is 0 Å². The molecule has 7 heteroatoms. The average Bonchev–Trinajstić information content (AvgIpc) is 3.00. The zero-order chi connectivity index (χ0) is 33.3. The van der Waals surface area contributed by atoms with Gasteiger partial charge in [-0.15, -0.1) is 0 Å². The standard InChI is InChI=1S/C38H75NO5S/c1-3-5-7-9-11-13-15-17-18-19-20-22-23-25-27-29-31-33-37(40)36(35-45(42,43)44)39-38(41)34-32-30-28-26-24-21-16-14-12-10-8-6-4-2/h31,33,36-37,40H,3-30,32,34-35H2,1-2H3,(H,39,41)(H,42,43,44)/b33-31+. The van der Waals surface area contributed by atoms with E-state index in [1.807, 2.05) is 6.08 Å². The molecular weight excluding hydrogens is 582 g/mol. The zero-order valence-electron chi connectivity index (χ0n) is 29.8. The summed E-state index contributed by atoms with van der Waals surface area (Å²) in [6.45, 7) is 4.51. The van der Waals surface area contributed by atoms with Gasteiger partial charge in [0.05, 0.1) is 17.9 Å². The topological polar surface area (TPSA) is 104 Å². The van der Waals surface area contributed by atoms with E-state index in [-0.39, 0.29) is 5.91 Å². The van der Waals surface area contributed by atoms with Gasteiger partial charge in [0.15, 0.2) is 0 Å². The third-order valence-corrected chi connectivity index (χ3v) is 9.74. The Balaban J connectivity index is 3.93. The van der Waals surface area contributed by atoms with Gasteiger partial charge in [-0.2, -0.15) is 8.42 Å². The number of aliphatic hydroxyl groups excluding tert-OH is 1. The molecule has 0 spiro atoms. The molecule has 2 unspecified atom stereocenters. The fourth-order valence-corrected chi connectivity index (χ4v) is 6.77. The molecule has 3 N–H and O–H groups in total. The molecule has 268 valence electrons. The molecule has 0 aromatic rings. The predicted octanol–water partition coefficient (Wildman–Crippen LogP) is 11.0. The van der Waals surface area contributed by atoms with Crippen molar-refractivity contribution in [1.29, 1.82) is 0 Å². The Morgan fingerprint density at radius 2 is 0.911 bits per heavy atom. The summed E-state index contributed by atoms with van der Waals surface area (Å²) in [5, 5.41) is 13.2. The van der Waals surface area contributed by atoms with Gasteiger partial charge in [-0.25, -0.2) is 0 Å². The maximum Gasteiger partial charge on any atom is 0.267 e. The highest BCUT2D eigenvalue weighted by atomic mass is 32.2.